The lowest BCUT2D eigenvalue weighted by Gasteiger charge is -2.41. The van der Waals surface area contributed by atoms with Crippen LogP contribution in [0.25, 0.3) is 10.9 Å². The summed E-state index contributed by atoms with van der Waals surface area (Å²) in [5.41, 5.74) is 1.85. The number of para-hydroxylation sites is 1. The van der Waals surface area contributed by atoms with Crippen molar-refractivity contribution < 1.29 is 39.2 Å². The summed E-state index contributed by atoms with van der Waals surface area (Å²) in [6.45, 7) is -0.570. The van der Waals surface area contributed by atoms with Gasteiger partial charge < -0.3 is 44.7 Å². The Morgan fingerprint density at radius 2 is 1.86 bits per heavy atom. The van der Waals surface area contributed by atoms with Crippen LogP contribution in [0.4, 0.5) is 0 Å². The molecule has 0 bridgehead atoms. The number of hydrogen-bond acceptors (Lipinski definition) is 9. The molecule has 0 unspecified atom stereocenters. The molecule has 11 nitrogen and oxygen atoms in total. The number of hydrogen-bond donors (Lipinski definition) is 5. The first-order chi connectivity index (χ1) is 16.9. The lowest BCUT2D eigenvalue weighted by Crippen LogP contribution is -2.64. The number of carbonyl (C=O) groups excluding carboxylic acids is 1. The fourth-order valence-electron chi connectivity index (χ4n) is 3.87. The summed E-state index contributed by atoms with van der Waals surface area (Å²) in [6, 6.07) is 11.0. The van der Waals surface area contributed by atoms with Crippen molar-refractivity contribution >= 4 is 23.0 Å². The second-order valence-electron chi connectivity index (χ2n) is 7.94. The molecular formula is C24H27N3O8. The molecule has 5 N–H and O–H groups in total. The van der Waals surface area contributed by atoms with Gasteiger partial charge in [-0.05, 0) is 18.2 Å². The van der Waals surface area contributed by atoms with Gasteiger partial charge in [0.05, 0.1) is 33.1 Å². The van der Waals surface area contributed by atoms with E-state index < -0.39 is 43.2 Å². The van der Waals surface area contributed by atoms with Crippen LogP contribution in [0.5, 0.6) is 11.5 Å². The van der Waals surface area contributed by atoms with Crippen LogP contribution in [0.1, 0.15) is 15.9 Å². The maximum Gasteiger partial charge on any atom is 0.255 e. The molecule has 5 atom stereocenters. The highest BCUT2D eigenvalue weighted by atomic mass is 16.8. The topological polar surface area (TPSA) is 155 Å². The average Bonchev–Trinajstić information content (AvgIpc) is 3.30. The summed E-state index contributed by atoms with van der Waals surface area (Å²) in [5.74, 6) is 0.178. The number of nitrogens with one attached hydrogen (secondary N) is 2. The number of amides is 1. The largest absolute Gasteiger partial charge is 0.497 e. The number of methoxy groups -OCH3 is 2. The molecule has 11 heteroatoms. The first-order valence-electron chi connectivity index (χ1n) is 10.9. The third-order valence-electron chi connectivity index (χ3n) is 5.77. The van der Waals surface area contributed by atoms with Gasteiger partial charge in [0, 0.05) is 34.3 Å². The SMILES string of the molecule is COc1cc(OC)cc(C(=O)N[C@H]2[C@@H](O)[C@@H](CO)O[C@@H](O/N=C/c3c[nH]c4ccccc34)[C@@H]2O)c1. The van der Waals surface area contributed by atoms with Crippen LogP contribution in [0.2, 0.25) is 0 Å². The molecular weight excluding hydrogens is 458 g/mol. The molecule has 2 aromatic carbocycles. The second kappa shape index (κ2) is 10.7. The fourth-order valence-corrected chi connectivity index (χ4v) is 3.87. The molecule has 4 rings (SSSR count). The predicted octanol–water partition coefficient (Wildman–Crippen LogP) is 0.773. The van der Waals surface area contributed by atoms with Crippen LogP contribution >= 0.6 is 0 Å². The Morgan fingerprint density at radius 1 is 1.14 bits per heavy atom. The number of oxime groups is 1. The van der Waals surface area contributed by atoms with Gasteiger partial charge in [-0.2, -0.15) is 0 Å². The maximum absolute atomic E-state index is 12.9. The smallest absolute Gasteiger partial charge is 0.255 e. The van der Waals surface area contributed by atoms with Crippen molar-refractivity contribution in [3.8, 4) is 11.5 Å². The summed E-state index contributed by atoms with van der Waals surface area (Å²) in [7, 11) is 2.90. The molecule has 1 amide bonds. The summed E-state index contributed by atoms with van der Waals surface area (Å²) < 4.78 is 15.8. The lowest BCUT2D eigenvalue weighted by atomic mass is 9.96. The fraction of sp³-hybridized carbons (Fsp3) is 0.333. The molecule has 0 aliphatic carbocycles. The summed E-state index contributed by atoms with van der Waals surface area (Å²) >= 11 is 0. The van der Waals surface area contributed by atoms with Crippen molar-refractivity contribution in [2.75, 3.05) is 20.8 Å². The molecule has 0 spiro atoms. The van der Waals surface area contributed by atoms with E-state index in [1.54, 1.807) is 12.3 Å². The molecule has 1 saturated heterocycles. The van der Waals surface area contributed by atoms with Crippen molar-refractivity contribution in [1.29, 1.82) is 0 Å². The minimum Gasteiger partial charge on any atom is -0.497 e. The van der Waals surface area contributed by atoms with Crippen LogP contribution in [0.15, 0.2) is 53.8 Å². The van der Waals surface area contributed by atoms with Gasteiger partial charge in [-0.1, -0.05) is 23.4 Å². The number of aliphatic hydroxyl groups excluding tert-OH is 3. The summed E-state index contributed by atoms with van der Waals surface area (Å²) in [5, 5.41) is 38.5. The van der Waals surface area contributed by atoms with Gasteiger partial charge in [0.15, 0.2) is 0 Å². The van der Waals surface area contributed by atoms with Crippen LogP contribution in [-0.4, -0.2) is 83.9 Å². The van der Waals surface area contributed by atoms with E-state index in [0.29, 0.717) is 11.5 Å². The highest BCUT2D eigenvalue weighted by Gasteiger charge is 2.46. The zero-order valence-corrected chi connectivity index (χ0v) is 19.1. The molecule has 1 aromatic heterocycles. The van der Waals surface area contributed by atoms with Gasteiger partial charge in [-0.25, -0.2) is 0 Å². The molecule has 0 saturated carbocycles. The Balaban J connectivity index is 1.49. The van der Waals surface area contributed by atoms with Gasteiger partial charge in [-0.15, -0.1) is 0 Å². The number of aliphatic hydroxyl groups is 3. The average molecular weight is 485 g/mol. The van der Waals surface area contributed by atoms with E-state index in [9.17, 15) is 20.1 Å². The zero-order valence-electron chi connectivity index (χ0n) is 19.1. The van der Waals surface area contributed by atoms with E-state index >= 15 is 0 Å². The Morgan fingerprint density at radius 3 is 2.54 bits per heavy atom. The van der Waals surface area contributed by atoms with E-state index in [1.807, 2.05) is 24.3 Å². The minimum atomic E-state index is -1.50. The summed E-state index contributed by atoms with van der Waals surface area (Å²) in [6.07, 6.45) is -2.20. The number of ether oxygens (including phenoxy) is 3. The van der Waals surface area contributed by atoms with Crippen LogP contribution in [0.3, 0.4) is 0 Å². The molecule has 1 fully saturated rings. The highest BCUT2D eigenvalue weighted by Crippen LogP contribution is 2.25. The van der Waals surface area contributed by atoms with E-state index in [-0.39, 0.29) is 5.56 Å². The van der Waals surface area contributed by atoms with Gasteiger partial charge in [0.2, 0.25) is 0 Å². The van der Waals surface area contributed by atoms with Gasteiger partial charge >= 0.3 is 0 Å². The third-order valence-corrected chi connectivity index (χ3v) is 5.77. The summed E-state index contributed by atoms with van der Waals surface area (Å²) in [4.78, 5) is 21.4. The zero-order chi connectivity index (χ0) is 24.9. The van der Waals surface area contributed by atoms with E-state index in [1.165, 1.54) is 32.6 Å². The van der Waals surface area contributed by atoms with Crippen molar-refractivity contribution in [3.63, 3.8) is 0 Å². The molecule has 2 heterocycles. The minimum absolute atomic E-state index is 0.183. The number of benzene rings is 2. The molecule has 3 aromatic rings. The Hall–Kier alpha value is -3.64. The number of H-pyrrole nitrogens is 1. The number of nitrogens with zero attached hydrogens (tertiary/aromatic N) is 1. The van der Waals surface area contributed by atoms with Crippen molar-refractivity contribution in [1.82, 2.24) is 10.3 Å². The van der Waals surface area contributed by atoms with Crippen LogP contribution < -0.4 is 14.8 Å². The van der Waals surface area contributed by atoms with Gasteiger partial charge in [0.1, 0.15) is 29.8 Å². The lowest BCUT2D eigenvalue weighted by molar-refractivity contribution is -0.278. The van der Waals surface area contributed by atoms with Crippen molar-refractivity contribution in [2.24, 2.45) is 5.16 Å². The van der Waals surface area contributed by atoms with Crippen molar-refractivity contribution in [2.45, 2.75) is 30.6 Å². The van der Waals surface area contributed by atoms with Gasteiger partial charge in [0.25, 0.3) is 12.2 Å². The molecule has 186 valence electrons. The highest BCUT2D eigenvalue weighted by molar-refractivity contribution is 5.98. The van der Waals surface area contributed by atoms with E-state index in [0.717, 1.165) is 16.5 Å². The van der Waals surface area contributed by atoms with E-state index in [4.69, 9.17) is 19.0 Å². The quantitative estimate of drug-likeness (QED) is 0.232. The standard InChI is InChI=1S/C24H27N3O8/c1-32-15-7-13(8-16(9-15)33-2)23(31)27-20-21(29)19(12-28)34-24(22(20)30)35-26-11-14-10-25-18-6-4-3-5-17(14)18/h3-11,19-22,24-25,28-30H,12H2,1-2H3,(H,27,31)/b26-11+/t19-,20+,21+,22-,24+/m1/s1. The maximum atomic E-state index is 12.9. The van der Waals surface area contributed by atoms with Crippen LogP contribution in [-0.2, 0) is 9.57 Å². The number of rotatable bonds is 8. The molecule has 0 radical (unpaired) electrons. The monoisotopic (exact) mass is 485 g/mol. The first-order valence-corrected chi connectivity index (χ1v) is 10.9. The molecule has 35 heavy (non-hydrogen) atoms. The Labute approximate surface area is 200 Å². The van der Waals surface area contributed by atoms with Crippen LogP contribution in [0, 0.1) is 0 Å². The Bertz CT molecular complexity index is 1170. The predicted molar refractivity (Wildman–Crippen MR) is 126 cm³/mol. The van der Waals surface area contributed by atoms with Gasteiger partial charge in [-0.3, -0.25) is 4.79 Å². The number of carbonyl (C=O) groups is 1. The van der Waals surface area contributed by atoms with E-state index in [2.05, 4.69) is 15.5 Å². The molecule has 1 aliphatic rings. The number of aromatic amines is 1. The number of aromatic nitrogens is 1. The third kappa shape index (κ3) is 5.23. The second-order valence-corrected chi connectivity index (χ2v) is 7.94. The van der Waals surface area contributed by atoms with Crippen molar-refractivity contribution in [3.05, 3.63) is 59.8 Å². The normalized spacial score (nSPS) is 24.4. The first kappa shape index (κ1) is 24.5. The molecule has 1 aliphatic heterocycles. The Kier molecular flexibility index (Phi) is 7.51. The number of fused-ring (bicyclic) bond motifs is 1.